The van der Waals surface area contributed by atoms with Crippen molar-refractivity contribution in [3.63, 3.8) is 0 Å². The molecule has 1 rings (SSSR count). The molecule has 1 heterocycles. The molecule has 1 aliphatic heterocycles. The second kappa shape index (κ2) is 3.84. The molecular formula is C7H12O5. The van der Waals surface area contributed by atoms with Crippen molar-refractivity contribution in [3.8, 4) is 0 Å². The lowest BCUT2D eigenvalue weighted by Crippen LogP contribution is -2.37. The number of aliphatic hydroxyl groups excluding tert-OH is 3. The second-order valence-corrected chi connectivity index (χ2v) is 2.80. The minimum absolute atomic E-state index is 0.276. The van der Waals surface area contributed by atoms with Crippen LogP contribution in [0, 0.1) is 5.92 Å². The molecular weight excluding hydrogens is 164 g/mol. The zero-order valence-electron chi connectivity index (χ0n) is 6.51. The van der Waals surface area contributed by atoms with Gasteiger partial charge in [-0.1, -0.05) is 0 Å². The molecule has 1 fully saturated rings. The molecule has 0 spiro atoms. The molecule has 0 radical (unpaired) electrons. The molecule has 5 heteroatoms. The molecule has 3 atom stereocenters. The summed E-state index contributed by atoms with van der Waals surface area (Å²) >= 11 is 0. The Morgan fingerprint density at radius 1 is 1.58 bits per heavy atom. The van der Waals surface area contributed by atoms with E-state index in [1.165, 1.54) is 0 Å². The van der Waals surface area contributed by atoms with Crippen molar-refractivity contribution in [1.29, 1.82) is 0 Å². The molecule has 0 bridgehead atoms. The molecule has 1 saturated heterocycles. The average Bonchev–Trinajstić information content (AvgIpc) is 2.48. The van der Waals surface area contributed by atoms with Gasteiger partial charge in [0.05, 0.1) is 25.2 Å². The second-order valence-electron chi connectivity index (χ2n) is 2.80. The largest absolute Gasteiger partial charge is 0.465 e. The summed E-state index contributed by atoms with van der Waals surface area (Å²) < 4.78 is 4.59. The van der Waals surface area contributed by atoms with Crippen LogP contribution in [0.4, 0.5) is 0 Å². The van der Waals surface area contributed by atoms with Gasteiger partial charge in [0.1, 0.15) is 6.10 Å². The first-order chi connectivity index (χ1) is 5.66. The van der Waals surface area contributed by atoms with Crippen LogP contribution in [0.3, 0.4) is 0 Å². The van der Waals surface area contributed by atoms with Crippen molar-refractivity contribution in [1.82, 2.24) is 0 Å². The number of carbonyl (C=O) groups is 1. The molecule has 12 heavy (non-hydrogen) atoms. The summed E-state index contributed by atoms with van der Waals surface area (Å²) in [7, 11) is 0. The van der Waals surface area contributed by atoms with Crippen molar-refractivity contribution in [2.24, 2.45) is 5.92 Å². The van der Waals surface area contributed by atoms with Gasteiger partial charge in [-0.15, -0.1) is 0 Å². The lowest BCUT2D eigenvalue weighted by molar-refractivity contribution is -0.147. The van der Waals surface area contributed by atoms with Crippen molar-refractivity contribution in [2.75, 3.05) is 13.2 Å². The van der Waals surface area contributed by atoms with E-state index in [-0.39, 0.29) is 6.61 Å². The highest BCUT2D eigenvalue weighted by molar-refractivity contribution is 5.74. The number of carbonyl (C=O) groups excluding carboxylic acids is 1. The normalized spacial score (nSPS) is 28.2. The van der Waals surface area contributed by atoms with E-state index in [2.05, 4.69) is 4.74 Å². The number of esters is 1. The Balaban J connectivity index is 2.51. The third-order valence-electron chi connectivity index (χ3n) is 1.97. The van der Waals surface area contributed by atoms with Crippen molar-refractivity contribution >= 4 is 5.97 Å². The number of hydrogen-bond donors (Lipinski definition) is 3. The van der Waals surface area contributed by atoms with E-state index in [1.807, 2.05) is 0 Å². The SMILES string of the molecule is O=C1OCCC1C(O)C(O)CO. The Bertz CT molecular complexity index is 169. The van der Waals surface area contributed by atoms with E-state index in [0.717, 1.165) is 0 Å². The number of rotatable bonds is 3. The van der Waals surface area contributed by atoms with Crippen LogP contribution in [0.5, 0.6) is 0 Å². The van der Waals surface area contributed by atoms with Crippen LogP contribution in [0.25, 0.3) is 0 Å². The molecule has 3 N–H and O–H groups in total. The van der Waals surface area contributed by atoms with Crippen LogP contribution in [0.1, 0.15) is 6.42 Å². The Labute approximate surface area is 69.6 Å². The summed E-state index contributed by atoms with van der Waals surface area (Å²) in [6.07, 6.45) is -2.08. The van der Waals surface area contributed by atoms with E-state index in [9.17, 15) is 9.90 Å². The zero-order valence-corrected chi connectivity index (χ0v) is 6.51. The zero-order chi connectivity index (χ0) is 9.14. The molecule has 1 aliphatic rings. The van der Waals surface area contributed by atoms with Crippen LogP contribution in [-0.2, 0) is 9.53 Å². The molecule has 0 saturated carbocycles. The quantitative estimate of drug-likeness (QED) is 0.444. The fraction of sp³-hybridized carbons (Fsp3) is 0.857. The van der Waals surface area contributed by atoms with Crippen molar-refractivity contribution < 1.29 is 24.9 Å². The number of cyclic esters (lactones) is 1. The van der Waals surface area contributed by atoms with E-state index in [1.54, 1.807) is 0 Å². The topological polar surface area (TPSA) is 87.0 Å². The highest BCUT2D eigenvalue weighted by Gasteiger charge is 2.36. The van der Waals surface area contributed by atoms with Crippen LogP contribution in [0.2, 0.25) is 0 Å². The lowest BCUT2D eigenvalue weighted by atomic mass is 9.97. The summed E-state index contributed by atoms with van der Waals surface area (Å²) in [5.74, 6) is -1.19. The highest BCUT2D eigenvalue weighted by Crippen LogP contribution is 2.20. The van der Waals surface area contributed by atoms with Crippen LogP contribution in [-0.4, -0.2) is 46.7 Å². The maximum absolute atomic E-state index is 10.9. The average molecular weight is 176 g/mol. The van der Waals surface area contributed by atoms with E-state index < -0.39 is 30.7 Å². The Morgan fingerprint density at radius 2 is 2.25 bits per heavy atom. The van der Waals surface area contributed by atoms with Gasteiger partial charge in [-0.2, -0.15) is 0 Å². The molecule has 0 aromatic carbocycles. The predicted molar refractivity (Wildman–Crippen MR) is 38.2 cm³/mol. The molecule has 0 amide bonds. The summed E-state index contributed by atoms with van der Waals surface area (Å²) in [6.45, 7) is -0.274. The van der Waals surface area contributed by atoms with Crippen molar-refractivity contribution in [2.45, 2.75) is 18.6 Å². The van der Waals surface area contributed by atoms with E-state index >= 15 is 0 Å². The fourth-order valence-electron chi connectivity index (χ4n) is 1.20. The van der Waals surface area contributed by atoms with Gasteiger partial charge in [0, 0.05) is 0 Å². The molecule has 0 aromatic rings. The molecule has 5 nitrogen and oxygen atoms in total. The number of hydrogen-bond acceptors (Lipinski definition) is 5. The minimum Gasteiger partial charge on any atom is -0.465 e. The van der Waals surface area contributed by atoms with Crippen LogP contribution in [0.15, 0.2) is 0 Å². The van der Waals surface area contributed by atoms with Gasteiger partial charge in [0.2, 0.25) is 0 Å². The van der Waals surface area contributed by atoms with Gasteiger partial charge in [-0.05, 0) is 6.42 Å². The van der Waals surface area contributed by atoms with Crippen LogP contribution >= 0.6 is 0 Å². The first kappa shape index (κ1) is 9.44. The maximum atomic E-state index is 10.9. The first-order valence-electron chi connectivity index (χ1n) is 3.80. The van der Waals surface area contributed by atoms with E-state index in [0.29, 0.717) is 6.42 Å². The van der Waals surface area contributed by atoms with Gasteiger partial charge < -0.3 is 20.1 Å². The summed E-state index contributed by atoms with van der Waals surface area (Å²) in [6, 6.07) is 0. The highest BCUT2D eigenvalue weighted by atomic mass is 16.5. The summed E-state index contributed by atoms with van der Waals surface area (Å²) in [5.41, 5.74) is 0. The Morgan fingerprint density at radius 3 is 2.67 bits per heavy atom. The molecule has 70 valence electrons. The lowest BCUT2D eigenvalue weighted by Gasteiger charge is -2.18. The summed E-state index contributed by atoms with van der Waals surface area (Å²) in [5, 5.41) is 26.8. The van der Waals surface area contributed by atoms with E-state index in [4.69, 9.17) is 10.2 Å². The minimum atomic E-state index is -1.26. The van der Waals surface area contributed by atoms with Crippen molar-refractivity contribution in [3.05, 3.63) is 0 Å². The van der Waals surface area contributed by atoms with Gasteiger partial charge in [-0.3, -0.25) is 4.79 Å². The van der Waals surface area contributed by atoms with Gasteiger partial charge in [0.25, 0.3) is 0 Å². The molecule has 0 aliphatic carbocycles. The fourth-order valence-corrected chi connectivity index (χ4v) is 1.20. The third kappa shape index (κ3) is 1.74. The molecule has 0 aromatic heterocycles. The first-order valence-corrected chi connectivity index (χ1v) is 3.80. The summed E-state index contributed by atoms with van der Waals surface area (Å²) in [4.78, 5) is 10.9. The maximum Gasteiger partial charge on any atom is 0.311 e. The van der Waals surface area contributed by atoms with Gasteiger partial charge in [-0.25, -0.2) is 0 Å². The van der Waals surface area contributed by atoms with Crippen LogP contribution < -0.4 is 0 Å². The number of aliphatic hydroxyl groups is 3. The Hall–Kier alpha value is -0.650. The van der Waals surface area contributed by atoms with Gasteiger partial charge in [0.15, 0.2) is 0 Å². The smallest absolute Gasteiger partial charge is 0.311 e. The predicted octanol–water partition coefficient (Wildman–Crippen LogP) is -1.74. The standard InChI is InChI=1S/C7H12O5/c8-3-5(9)6(10)4-1-2-12-7(4)11/h4-6,8-10H,1-3H2. The number of ether oxygens (including phenoxy) is 1. The van der Waals surface area contributed by atoms with Gasteiger partial charge >= 0.3 is 5.97 Å². The molecule has 3 unspecified atom stereocenters. The third-order valence-corrected chi connectivity index (χ3v) is 1.97. The monoisotopic (exact) mass is 176 g/mol. The Kier molecular flexibility index (Phi) is 3.02.